The quantitative estimate of drug-likeness (QED) is 0.589. The first-order chi connectivity index (χ1) is 12.8. The van der Waals surface area contributed by atoms with Gasteiger partial charge in [0.15, 0.2) is 5.96 Å². The van der Waals surface area contributed by atoms with Crippen molar-refractivity contribution in [2.75, 3.05) is 32.8 Å². The number of morpholine rings is 1. The minimum absolute atomic E-state index is 0.622. The molecule has 2 aromatic rings. The number of hydrogen-bond acceptors (Lipinski definition) is 4. The molecule has 6 heteroatoms. The van der Waals surface area contributed by atoms with Gasteiger partial charge in [0.2, 0.25) is 0 Å². The van der Waals surface area contributed by atoms with E-state index in [2.05, 4.69) is 51.7 Å². The zero-order chi connectivity index (χ0) is 18.0. The third-order valence-corrected chi connectivity index (χ3v) is 4.31. The average Bonchev–Trinajstić information content (AvgIpc) is 3.20. The predicted octanol–water partition coefficient (Wildman–Crippen LogP) is 2.37. The lowest BCUT2D eigenvalue weighted by molar-refractivity contribution is 0.0342. The molecule has 0 radical (unpaired) electrons. The molecule has 0 spiro atoms. The molecule has 0 unspecified atom stereocenters. The summed E-state index contributed by atoms with van der Waals surface area (Å²) in [5.41, 5.74) is 2.54. The monoisotopic (exact) mass is 356 g/mol. The van der Waals surface area contributed by atoms with Crippen LogP contribution in [0.15, 0.2) is 52.1 Å². The minimum atomic E-state index is 0.622. The van der Waals surface area contributed by atoms with Crippen molar-refractivity contribution in [3.05, 3.63) is 59.5 Å². The molecule has 1 aromatic carbocycles. The summed E-state index contributed by atoms with van der Waals surface area (Å²) in [7, 11) is 0. The number of nitrogens with one attached hydrogen (secondary N) is 2. The van der Waals surface area contributed by atoms with Crippen LogP contribution in [0.5, 0.6) is 0 Å². The van der Waals surface area contributed by atoms with E-state index in [1.165, 1.54) is 11.1 Å². The molecule has 0 aliphatic carbocycles. The first-order valence-corrected chi connectivity index (χ1v) is 9.26. The van der Waals surface area contributed by atoms with Gasteiger partial charge in [-0.15, -0.1) is 0 Å². The van der Waals surface area contributed by atoms with Crippen LogP contribution in [-0.4, -0.2) is 43.7 Å². The largest absolute Gasteiger partial charge is 0.467 e. The van der Waals surface area contributed by atoms with Gasteiger partial charge in [0.25, 0.3) is 0 Å². The summed E-state index contributed by atoms with van der Waals surface area (Å²) >= 11 is 0. The molecule has 1 aliphatic heterocycles. The van der Waals surface area contributed by atoms with E-state index < -0.39 is 0 Å². The van der Waals surface area contributed by atoms with Gasteiger partial charge in [0.1, 0.15) is 5.76 Å². The van der Waals surface area contributed by atoms with Crippen LogP contribution in [0.3, 0.4) is 0 Å². The van der Waals surface area contributed by atoms with Gasteiger partial charge in [0.05, 0.1) is 32.6 Å². The van der Waals surface area contributed by atoms with E-state index in [4.69, 9.17) is 9.15 Å². The van der Waals surface area contributed by atoms with Gasteiger partial charge >= 0.3 is 0 Å². The highest BCUT2D eigenvalue weighted by Gasteiger charge is 2.10. The summed E-state index contributed by atoms with van der Waals surface area (Å²) < 4.78 is 10.7. The maximum Gasteiger partial charge on any atom is 0.191 e. The molecule has 26 heavy (non-hydrogen) atoms. The van der Waals surface area contributed by atoms with Gasteiger partial charge in [-0.05, 0) is 30.2 Å². The number of aliphatic imine (C=N–C) groups is 1. The zero-order valence-corrected chi connectivity index (χ0v) is 15.4. The standard InChI is InChI=1S/C20H28N4O2/c1-2-21-20(23-15-19-4-3-11-26-19)22-14-17-5-7-18(8-6-17)16-24-9-12-25-13-10-24/h3-8,11H,2,9-10,12-16H2,1H3,(H2,21,22,23). The molecule has 2 heterocycles. The Bertz CT molecular complexity index is 662. The number of benzene rings is 1. The second-order valence-corrected chi connectivity index (χ2v) is 6.33. The van der Waals surface area contributed by atoms with Gasteiger partial charge in [-0.3, -0.25) is 4.90 Å². The Kier molecular flexibility index (Phi) is 7.10. The Hall–Kier alpha value is -2.31. The van der Waals surface area contributed by atoms with Crippen LogP contribution in [0, 0.1) is 0 Å². The number of hydrogen-bond donors (Lipinski definition) is 2. The zero-order valence-electron chi connectivity index (χ0n) is 15.4. The Balaban J connectivity index is 1.51. The molecular formula is C20H28N4O2. The Morgan fingerprint density at radius 3 is 2.54 bits per heavy atom. The van der Waals surface area contributed by atoms with Crippen molar-refractivity contribution >= 4 is 5.96 Å². The van der Waals surface area contributed by atoms with Crippen molar-refractivity contribution in [1.82, 2.24) is 15.5 Å². The maximum absolute atomic E-state index is 5.40. The average molecular weight is 356 g/mol. The number of furan rings is 1. The van der Waals surface area contributed by atoms with Gasteiger partial charge < -0.3 is 19.8 Å². The molecule has 140 valence electrons. The molecule has 0 bridgehead atoms. The van der Waals surface area contributed by atoms with Crippen molar-refractivity contribution in [3.8, 4) is 0 Å². The van der Waals surface area contributed by atoms with Crippen LogP contribution in [0.25, 0.3) is 0 Å². The summed E-state index contributed by atoms with van der Waals surface area (Å²) in [6.45, 7) is 8.84. The molecule has 0 saturated carbocycles. The third-order valence-electron chi connectivity index (χ3n) is 4.31. The lowest BCUT2D eigenvalue weighted by Gasteiger charge is -2.26. The van der Waals surface area contributed by atoms with Crippen molar-refractivity contribution in [3.63, 3.8) is 0 Å². The molecule has 6 nitrogen and oxygen atoms in total. The normalized spacial score (nSPS) is 15.8. The predicted molar refractivity (Wildman–Crippen MR) is 103 cm³/mol. The lowest BCUT2D eigenvalue weighted by Crippen LogP contribution is -2.36. The van der Waals surface area contributed by atoms with E-state index in [-0.39, 0.29) is 0 Å². The highest BCUT2D eigenvalue weighted by atomic mass is 16.5. The topological polar surface area (TPSA) is 62.0 Å². The van der Waals surface area contributed by atoms with Gasteiger partial charge in [-0.1, -0.05) is 24.3 Å². The Labute approximate surface area is 155 Å². The number of nitrogens with zero attached hydrogens (tertiary/aromatic N) is 2. The fourth-order valence-corrected chi connectivity index (χ4v) is 2.86. The minimum Gasteiger partial charge on any atom is -0.467 e. The van der Waals surface area contributed by atoms with E-state index in [0.29, 0.717) is 13.1 Å². The van der Waals surface area contributed by atoms with E-state index in [1.807, 2.05) is 12.1 Å². The van der Waals surface area contributed by atoms with Crippen molar-refractivity contribution in [2.45, 2.75) is 26.6 Å². The van der Waals surface area contributed by atoms with E-state index >= 15 is 0 Å². The first-order valence-electron chi connectivity index (χ1n) is 9.26. The molecule has 0 atom stereocenters. The third kappa shape index (κ3) is 5.89. The SMILES string of the molecule is CCNC(=NCc1ccc(CN2CCOCC2)cc1)NCc1ccco1. The summed E-state index contributed by atoms with van der Waals surface area (Å²) in [5.74, 6) is 1.68. The number of ether oxygens (including phenoxy) is 1. The van der Waals surface area contributed by atoms with Gasteiger partial charge in [-0.25, -0.2) is 4.99 Å². The van der Waals surface area contributed by atoms with Crippen LogP contribution < -0.4 is 10.6 Å². The van der Waals surface area contributed by atoms with Crippen LogP contribution in [0.1, 0.15) is 23.8 Å². The Morgan fingerprint density at radius 2 is 1.85 bits per heavy atom. The molecule has 1 aromatic heterocycles. The number of guanidine groups is 1. The van der Waals surface area contributed by atoms with Crippen LogP contribution >= 0.6 is 0 Å². The molecule has 1 saturated heterocycles. The lowest BCUT2D eigenvalue weighted by atomic mass is 10.1. The van der Waals surface area contributed by atoms with Crippen molar-refractivity contribution in [1.29, 1.82) is 0 Å². The smallest absolute Gasteiger partial charge is 0.191 e. The summed E-state index contributed by atoms with van der Waals surface area (Å²) in [6, 6.07) is 12.6. The molecule has 2 N–H and O–H groups in total. The fraction of sp³-hybridized carbons (Fsp3) is 0.450. The molecule has 3 rings (SSSR count). The van der Waals surface area contributed by atoms with Gasteiger partial charge in [0, 0.05) is 26.2 Å². The fourth-order valence-electron chi connectivity index (χ4n) is 2.86. The second-order valence-electron chi connectivity index (χ2n) is 6.33. The van der Waals surface area contributed by atoms with E-state index in [1.54, 1.807) is 6.26 Å². The molecule has 1 aliphatic rings. The highest BCUT2D eigenvalue weighted by Crippen LogP contribution is 2.10. The summed E-state index contributed by atoms with van der Waals surface area (Å²) in [5, 5.41) is 6.55. The van der Waals surface area contributed by atoms with Gasteiger partial charge in [-0.2, -0.15) is 0 Å². The molecule has 0 amide bonds. The Morgan fingerprint density at radius 1 is 1.08 bits per heavy atom. The van der Waals surface area contributed by atoms with Crippen LogP contribution in [0.2, 0.25) is 0 Å². The second kappa shape index (κ2) is 9.99. The highest BCUT2D eigenvalue weighted by molar-refractivity contribution is 5.79. The maximum atomic E-state index is 5.40. The molecular weight excluding hydrogens is 328 g/mol. The van der Waals surface area contributed by atoms with Crippen molar-refractivity contribution in [2.24, 2.45) is 4.99 Å². The van der Waals surface area contributed by atoms with Crippen molar-refractivity contribution < 1.29 is 9.15 Å². The number of rotatable bonds is 7. The summed E-state index contributed by atoms with van der Waals surface area (Å²) in [4.78, 5) is 7.08. The summed E-state index contributed by atoms with van der Waals surface area (Å²) in [6.07, 6.45) is 1.68. The first kappa shape index (κ1) is 18.5. The van der Waals surface area contributed by atoms with Crippen LogP contribution in [-0.2, 0) is 24.4 Å². The van der Waals surface area contributed by atoms with E-state index in [0.717, 1.165) is 51.1 Å². The van der Waals surface area contributed by atoms with E-state index in [9.17, 15) is 0 Å². The molecule has 1 fully saturated rings. The van der Waals surface area contributed by atoms with Crippen LogP contribution in [0.4, 0.5) is 0 Å².